The first-order chi connectivity index (χ1) is 19.8. The Hall–Kier alpha value is -5.48. The van der Waals surface area contributed by atoms with Crippen molar-refractivity contribution < 1.29 is 0 Å². The van der Waals surface area contributed by atoms with E-state index in [4.69, 9.17) is 9.97 Å². The first kappa shape index (κ1) is 21.5. The van der Waals surface area contributed by atoms with E-state index in [1.54, 1.807) is 0 Å². The number of hydrogen-bond donors (Lipinski definition) is 0. The van der Waals surface area contributed by atoms with Gasteiger partial charge in [-0.05, 0) is 47.9 Å². The predicted molar refractivity (Wildman–Crippen MR) is 166 cm³/mol. The average Bonchev–Trinajstić information content (AvgIpc) is 3.51. The number of para-hydroxylation sites is 4. The molecule has 4 heteroatoms. The molecular weight excluding hydrogens is 488 g/mol. The Morgan fingerprint density at radius 1 is 0.425 bits per heavy atom. The molecule has 0 unspecified atom stereocenters. The van der Waals surface area contributed by atoms with E-state index in [2.05, 4.69) is 112 Å². The van der Waals surface area contributed by atoms with Gasteiger partial charge in [0.05, 0.1) is 45.0 Å². The van der Waals surface area contributed by atoms with Gasteiger partial charge in [-0.25, -0.2) is 4.98 Å². The highest BCUT2D eigenvalue weighted by molar-refractivity contribution is 6.19. The van der Waals surface area contributed by atoms with E-state index in [9.17, 15) is 0 Å². The fourth-order valence-electron chi connectivity index (χ4n) is 6.40. The van der Waals surface area contributed by atoms with Gasteiger partial charge in [-0.2, -0.15) is 0 Å². The summed E-state index contributed by atoms with van der Waals surface area (Å²) < 4.78 is 4.68. The van der Waals surface area contributed by atoms with Crippen LogP contribution in [-0.4, -0.2) is 19.1 Å². The second-order valence-electron chi connectivity index (χ2n) is 10.3. The van der Waals surface area contributed by atoms with Gasteiger partial charge in [-0.15, -0.1) is 0 Å². The number of hydrogen-bond acceptors (Lipinski definition) is 2. The molecule has 0 atom stereocenters. The smallest absolute Gasteiger partial charge is 0.156 e. The van der Waals surface area contributed by atoms with Crippen LogP contribution in [0.1, 0.15) is 0 Å². The largest absolute Gasteiger partial charge is 0.309 e. The monoisotopic (exact) mass is 510 g/mol. The maximum Gasteiger partial charge on any atom is 0.156 e. The van der Waals surface area contributed by atoms with Crippen LogP contribution in [0.5, 0.6) is 0 Å². The molecular formula is C36H22N4. The lowest BCUT2D eigenvalue weighted by molar-refractivity contribution is 1.08. The van der Waals surface area contributed by atoms with Crippen LogP contribution in [0.4, 0.5) is 0 Å². The van der Waals surface area contributed by atoms with Crippen LogP contribution in [0, 0.1) is 0 Å². The molecule has 9 rings (SSSR count). The second-order valence-corrected chi connectivity index (χ2v) is 10.3. The summed E-state index contributed by atoms with van der Waals surface area (Å²) in [5.41, 5.74) is 7.61. The number of nitrogens with zero attached hydrogens (tertiary/aromatic N) is 4. The zero-order valence-corrected chi connectivity index (χ0v) is 21.5. The maximum atomic E-state index is 5.04. The molecule has 0 aliphatic heterocycles. The van der Waals surface area contributed by atoms with E-state index in [0.717, 1.165) is 27.9 Å². The first-order valence-electron chi connectivity index (χ1n) is 13.5. The van der Waals surface area contributed by atoms with Crippen LogP contribution in [0.2, 0.25) is 0 Å². The SMILES string of the molecule is c1ccc2c(-n3c4ccccc4c4cc5c(cc43)c3ccccc3n5-c3cnc4ccccc4n3)cccc2c1. The summed E-state index contributed by atoms with van der Waals surface area (Å²) in [7, 11) is 0. The van der Waals surface area contributed by atoms with Gasteiger partial charge in [0.1, 0.15) is 0 Å². The Morgan fingerprint density at radius 3 is 1.77 bits per heavy atom. The van der Waals surface area contributed by atoms with Crippen LogP contribution in [0.25, 0.3) is 76.9 Å². The van der Waals surface area contributed by atoms with Gasteiger partial charge in [0.2, 0.25) is 0 Å². The molecule has 0 N–H and O–H groups in total. The highest BCUT2D eigenvalue weighted by atomic mass is 15.1. The minimum Gasteiger partial charge on any atom is -0.309 e. The Labute approximate surface area is 229 Å². The van der Waals surface area contributed by atoms with Crippen LogP contribution < -0.4 is 0 Å². The number of fused-ring (bicyclic) bond motifs is 8. The van der Waals surface area contributed by atoms with Crippen molar-refractivity contribution in [2.45, 2.75) is 0 Å². The third kappa shape index (κ3) is 2.90. The summed E-state index contributed by atoms with van der Waals surface area (Å²) in [6, 6.07) is 45.2. The van der Waals surface area contributed by atoms with Crippen LogP contribution in [0.3, 0.4) is 0 Å². The lowest BCUT2D eigenvalue weighted by Gasteiger charge is -2.12. The molecule has 0 bridgehead atoms. The van der Waals surface area contributed by atoms with Crippen LogP contribution in [-0.2, 0) is 0 Å². The molecule has 3 aromatic heterocycles. The maximum absolute atomic E-state index is 5.04. The van der Waals surface area contributed by atoms with Gasteiger partial charge in [0, 0.05) is 26.9 Å². The standard InChI is InChI=1S/C36H22N4/c1-2-12-24-23(10-1)11-9-19-31(24)39-32-17-7-3-13-25(32)27-21-35-28(20-34(27)39)26-14-4-8-18-33(26)40(35)36-22-37-29-15-5-6-16-30(29)38-36/h1-22H. The molecule has 0 saturated carbocycles. The van der Waals surface area contributed by atoms with Crippen LogP contribution >= 0.6 is 0 Å². The zero-order chi connectivity index (χ0) is 26.2. The Morgan fingerprint density at radius 2 is 1.00 bits per heavy atom. The molecule has 4 nitrogen and oxygen atoms in total. The Kier molecular flexibility index (Phi) is 4.30. The van der Waals surface area contributed by atoms with Crippen molar-refractivity contribution in [3.8, 4) is 11.5 Å². The molecule has 9 aromatic rings. The summed E-state index contributed by atoms with van der Waals surface area (Å²) in [5.74, 6) is 0.821. The molecule has 3 heterocycles. The van der Waals surface area contributed by atoms with E-state index in [1.165, 1.54) is 49.0 Å². The van der Waals surface area contributed by atoms with Crippen molar-refractivity contribution in [1.29, 1.82) is 0 Å². The number of benzene rings is 6. The zero-order valence-electron chi connectivity index (χ0n) is 21.5. The molecule has 0 spiro atoms. The van der Waals surface area contributed by atoms with Gasteiger partial charge in [0.25, 0.3) is 0 Å². The summed E-state index contributed by atoms with van der Waals surface area (Å²) in [5, 5.41) is 7.31. The van der Waals surface area contributed by atoms with Crippen molar-refractivity contribution in [2.75, 3.05) is 0 Å². The third-order valence-electron chi connectivity index (χ3n) is 8.14. The summed E-state index contributed by atoms with van der Waals surface area (Å²) in [6.45, 7) is 0. The molecule has 0 aliphatic carbocycles. The van der Waals surface area contributed by atoms with E-state index < -0.39 is 0 Å². The Bertz CT molecular complexity index is 2440. The van der Waals surface area contributed by atoms with E-state index in [1.807, 2.05) is 30.5 Å². The van der Waals surface area contributed by atoms with E-state index in [-0.39, 0.29) is 0 Å². The van der Waals surface area contributed by atoms with Gasteiger partial charge in [-0.1, -0.05) is 84.9 Å². The number of rotatable bonds is 2. The third-order valence-corrected chi connectivity index (χ3v) is 8.14. The molecule has 0 aliphatic rings. The fourth-order valence-corrected chi connectivity index (χ4v) is 6.40. The van der Waals surface area contributed by atoms with E-state index in [0.29, 0.717) is 0 Å². The van der Waals surface area contributed by atoms with Crippen molar-refractivity contribution in [2.24, 2.45) is 0 Å². The highest BCUT2D eigenvalue weighted by Crippen LogP contribution is 2.40. The summed E-state index contributed by atoms with van der Waals surface area (Å²) >= 11 is 0. The van der Waals surface area contributed by atoms with Gasteiger partial charge < -0.3 is 4.57 Å². The normalized spacial score (nSPS) is 12.0. The van der Waals surface area contributed by atoms with Gasteiger partial charge >= 0.3 is 0 Å². The molecule has 186 valence electrons. The minimum absolute atomic E-state index is 0.821. The molecule has 40 heavy (non-hydrogen) atoms. The summed E-state index contributed by atoms with van der Waals surface area (Å²) in [4.78, 5) is 9.79. The lowest BCUT2D eigenvalue weighted by atomic mass is 10.1. The fraction of sp³-hybridized carbons (Fsp3) is 0. The molecule has 6 aromatic carbocycles. The van der Waals surface area contributed by atoms with Crippen molar-refractivity contribution >= 4 is 65.4 Å². The van der Waals surface area contributed by atoms with Crippen molar-refractivity contribution in [1.82, 2.24) is 19.1 Å². The second kappa shape index (κ2) is 8.01. The van der Waals surface area contributed by atoms with Crippen molar-refractivity contribution in [3.05, 3.63) is 134 Å². The topological polar surface area (TPSA) is 35.6 Å². The average molecular weight is 511 g/mol. The minimum atomic E-state index is 0.821. The molecule has 0 radical (unpaired) electrons. The number of aromatic nitrogens is 4. The predicted octanol–water partition coefficient (Wildman–Crippen LogP) is 8.98. The lowest BCUT2D eigenvalue weighted by Crippen LogP contribution is -1.99. The Balaban J connectivity index is 1.45. The molecule has 0 fully saturated rings. The summed E-state index contributed by atoms with van der Waals surface area (Å²) in [6.07, 6.45) is 1.89. The molecule has 0 amide bonds. The molecule has 0 saturated heterocycles. The van der Waals surface area contributed by atoms with Crippen molar-refractivity contribution in [3.63, 3.8) is 0 Å². The van der Waals surface area contributed by atoms with Gasteiger partial charge in [0.15, 0.2) is 5.82 Å². The van der Waals surface area contributed by atoms with Crippen LogP contribution in [0.15, 0.2) is 134 Å². The first-order valence-corrected chi connectivity index (χ1v) is 13.5. The van der Waals surface area contributed by atoms with Gasteiger partial charge in [-0.3, -0.25) is 9.55 Å². The highest BCUT2D eigenvalue weighted by Gasteiger charge is 2.19. The van der Waals surface area contributed by atoms with E-state index >= 15 is 0 Å². The quantitative estimate of drug-likeness (QED) is 0.233.